The number of ether oxygens (including phenoxy) is 1. The quantitative estimate of drug-likeness (QED) is 0.920. The molecule has 1 aliphatic heterocycles. The van der Waals surface area contributed by atoms with Crippen LogP contribution in [0, 0.1) is 0 Å². The van der Waals surface area contributed by atoms with E-state index >= 15 is 0 Å². The van der Waals surface area contributed by atoms with Gasteiger partial charge in [-0.15, -0.1) is 0 Å². The highest BCUT2D eigenvalue weighted by molar-refractivity contribution is 6.32. The van der Waals surface area contributed by atoms with Crippen LogP contribution in [0.25, 0.3) is 0 Å². The number of piperidine rings is 1. The van der Waals surface area contributed by atoms with Gasteiger partial charge in [0.15, 0.2) is 0 Å². The van der Waals surface area contributed by atoms with Gasteiger partial charge in [0.1, 0.15) is 5.75 Å². The van der Waals surface area contributed by atoms with Crippen molar-refractivity contribution in [3.8, 4) is 5.75 Å². The molecule has 0 spiro atoms. The van der Waals surface area contributed by atoms with Crippen LogP contribution in [0.5, 0.6) is 5.75 Å². The van der Waals surface area contributed by atoms with E-state index in [-0.39, 0.29) is 12.0 Å². The van der Waals surface area contributed by atoms with E-state index in [4.69, 9.17) is 16.3 Å². The lowest BCUT2D eigenvalue weighted by Gasteiger charge is -2.29. The number of halogens is 1. The molecule has 1 N–H and O–H groups in total. The maximum Gasteiger partial charge on any atom is 0.226 e. The number of aliphatic hydroxyl groups excluding tert-OH is 1. The molecule has 5 heteroatoms. The Morgan fingerprint density at radius 2 is 2.05 bits per heavy atom. The van der Waals surface area contributed by atoms with E-state index in [2.05, 4.69) is 0 Å². The molecule has 1 saturated heterocycles. The minimum atomic E-state index is -0.261. The van der Waals surface area contributed by atoms with Crippen LogP contribution >= 0.6 is 11.6 Å². The van der Waals surface area contributed by atoms with Crippen molar-refractivity contribution in [2.75, 3.05) is 19.7 Å². The molecule has 0 atom stereocenters. The van der Waals surface area contributed by atoms with Crippen molar-refractivity contribution in [2.24, 2.45) is 0 Å². The van der Waals surface area contributed by atoms with E-state index in [9.17, 15) is 9.90 Å². The molecule has 1 aromatic rings. The van der Waals surface area contributed by atoms with Crippen molar-refractivity contribution >= 4 is 17.5 Å². The summed E-state index contributed by atoms with van der Waals surface area (Å²) in [6.07, 6.45) is 1.40. The monoisotopic (exact) mass is 283 g/mol. The first-order chi connectivity index (χ1) is 9.16. The Balaban J connectivity index is 1.74. The number of aliphatic hydroxyl groups is 1. The smallest absolute Gasteiger partial charge is 0.226 e. The average Bonchev–Trinajstić information content (AvgIpc) is 2.41. The third-order valence-corrected chi connectivity index (χ3v) is 3.54. The highest BCUT2D eigenvalue weighted by Gasteiger charge is 2.20. The molecule has 1 aromatic carbocycles. The van der Waals surface area contributed by atoms with Gasteiger partial charge in [-0.1, -0.05) is 23.7 Å². The standard InChI is InChI=1S/C14H18ClNO3/c15-12-3-1-2-4-13(12)19-10-7-14(18)16-8-5-11(17)6-9-16/h1-4,11,17H,5-10H2. The lowest BCUT2D eigenvalue weighted by Crippen LogP contribution is -2.40. The van der Waals surface area contributed by atoms with Crippen LogP contribution in [-0.4, -0.2) is 41.7 Å². The maximum atomic E-state index is 11.9. The predicted molar refractivity (Wildman–Crippen MR) is 73.4 cm³/mol. The Bertz CT molecular complexity index is 430. The fourth-order valence-corrected chi connectivity index (χ4v) is 2.27. The summed E-state index contributed by atoms with van der Waals surface area (Å²) in [5.74, 6) is 0.671. The van der Waals surface area contributed by atoms with Crippen LogP contribution in [0.2, 0.25) is 5.02 Å². The number of amides is 1. The van der Waals surface area contributed by atoms with Gasteiger partial charge >= 0.3 is 0 Å². The van der Waals surface area contributed by atoms with E-state index in [0.717, 1.165) is 0 Å². The van der Waals surface area contributed by atoms with Gasteiger partial charge in [-0.25, -0.2) is 0 Å². The molecule has 1 aliphatic rings. The molecule has 4 nitrogen and oxygen atoms in total. The number of carbonyl (C=O) groups excluding carboxylic acids is 1. The number of nitrogens with zero attached hydrogens (tertiary/aromatic N) is 1. The first-order valence-corrected chi connectivity index (χ1v) is 6.88. The largest absolute Gasteiger partial charge is 0.491 e. The van der Waals surface area contributed by atoms with Crippen LogP contribution < -0.4 is 4.74 Å². The molecule has 0 unspecified atom stereocenters. The van der Waals surface area contributed by atoms with Crippen LogP contribution in [0.4, 0.5) is 0 Å². The summed E-state index contributed by atoms with van der Waals surface area (Å²) in [6, 6.07) is 7.21. The van der Waals surface area contributed by atoms with Crippen LogP contribution in [0.1, 0.15) is 19.3 Å². The molecule has 0 bridgehead atoms. The summed E-state index contributed by atoms with van der Waals surface area (Å²) in [6.45, 7) is 1.58. The zero-order valence-electron chi connectivity index (χ0n) is 10.7. The molecule has 104 valence electrons. The van der Waals surface area contributed by atoms with E-state index in [1.54, 1.807) is 17.0 Å². The third kappa shape index (κ3) is 4.11. The molecule has 0 radical (unpaired) electrons. The lowest BCUT2D eigenvalue weighted by atomic mass is 10.1. The molecule has 1 amide bonds. The molecule has 1 heterocycles. The summed E-state index contributed by atoms with van der Waals surface area (Å²) in [7, 11) is 0. The van der Waals surface area contributed by atoms with Gasteiger partial charge < -0.3 is 14.7 Å². The summed E-state index contributed by atoms with van der Waals surface area (Å²) < 4.78 is 5.49. The van der Waals surface area contributed by atoms with Crippen molar-refractivity contribution < 1.29 is 14.6 Å². The van der Waals surface area contributed by atoms with Gasteiger partial charge in [0, 0.05) is 13.1 Å². The number of para-hydroxylation sites is 1. The van der Waals surface area contributed by atoms with Crippen molar-refractivity contribution in [1.82, 2.24) is 4.90 Å². The molecule has 19 heavy (non-hydrogen) atoms. The highest BCUT2D eigenvalue weighted by atomic mass is 35.5. The minimum Gasteiger partial charge on any atom is -0.491 e. The number of hydrogen-bond acceptors (Lipinski definition) is 3. The zero-order chi connectivity index (χ0) is 13.7. The van der Waals surface area contributed by atoms with E-state index in [1.165, 1.54) is 0 Å². The van der Waals surface area contributed by atoms with Crippen molar-refractivity contribution in [1.29, 1.82) is 0 Å². The van der Waals surface area contributed by atoms with Gasteiger partial charge in [-0.3, -0.25) is 4.79 Å². The van der Waals surface area contributed by atoms with E-state index < -0.39 is 0 Å². The average molecular weight is 284 g/mol. The van der Waals surface area contributed by atoms with E-state index in [1.807, 2.05) is 12.1 Å². The molecular weight excluding hydrogens is 266 g/mol. The maximum absolute atomic E-state index is 11.9. The first-order valence-electron chi connectivity index (χ1n) is 6.50. The van der Waals surface area contributed by atoms with Crippen LogP contribution in [-0.2, 0) is 4.79 Å². The lowest BCUT2D eigenvalue weighted by molar-refractivity contribution is -0.133. The fraction of sp³-hybridized carbons (Fsp3) is 0.500. The molecular formula is C14H18ClNO3. The Hall–Kier alpha value is -1.26. The summed E-state index contributed by atoms with van der Waals surface area (Å²) in [5.41, 5.74) is 0. The van der Waals surface area contributed by atoms with Crippen LogP contribution in [0.3, 0.4) is 0 Å². The summed E-state index contributed by atoms with van der Waals surface area (Å²) in [4.78, 5) is 13.7. The zero-order valence-corrected chi connectivity index (χ0v) is 11.5. The second kappa shape index (κ2) is 6.78. The highest BCUT2D eigenvalue weighted by Crippen LogP contribution is 2.23. The third-order valence-electron chi connectivity index (χ3n) is 3.23. The Morgan fingerprint density at radius 3 is 2.74 bits per heavy atom. The van der Waals surface area contributed by atoms with Gasteiger partial charge in [0.2, 0.25) is 5.91 Å². The van der Waals surface area contributed by atoms with Gasteiger partial charge in [-0.05, 0) is 25.0 Å². The normalized spacial score (nSPS) is 16.4. The molecule has 0 aliphatic carbocycles. The Kier molecular flexibility index (Phi) is 5.05. The van der Waals surface area contributed by atoms with Gasteiger partial charge in [-0.2, -0.15) is 0 Å². The predicted octanol–water partition coefficient (Wildman–Crippen LogP) is 2.09. The van der Waals surface area contributed by atoms with Gasteiger partial charge in [0.25, 0.3) is 0 Å². The number of hydrogen-bond donors (Lipinski definition) is 1. The van der Waals surface area contributed by atoms with Crippen LogP contribution in [0.15, 0.2) is 24.3 Å². The number of carbonyl (C=O) groups is 1. The van der Waals surface area contributed by atoms with Gasteiger partial charge in [0.05, 0.1) is 24.2 Å². The first kappa shape index (κ1) is 14.2. The summed E-state index contributed by atoms with van der Waals surface area (Å²) >= 11 is 5.96. The minimum absolute atomic E-state index is 0.0685. The van der Waals surface area contributed by atoms with E-state index in [0.29, 0.717) is 49.7 Å². The number of likely N-dealkylation sites (tertiary alicyclic amines) is 1. The topological polar surface area (TPSA) is 49.8 Å². The molecule has 2 rings (SSSR count). The molecule has 0 saturated carbocycles. The Morgan fingerprint density at radius 1 is 1.37 bits per heavy atom. The molecule has 1 fully saturated rings. The van der Waals surface area contributed by atoms with Crippen molar-refractivity contribution in [3.05, 3.63) is 29.3 Å². The number of rotatable bonds is 4. The second-order valence-electron chi connectivity index (χ2n) is 4.64. The van der Waals surface area contributed by atoms with Crippen molar-refractivity contribution in [2.45, 2.75) is 25.4 Å². The SMILES string of the molecule is O=C(CCOc1ccccc1Cl)N1CCC(O)CC1. The second-order valence-corrected chi connectivity index (χ2v) is 5.05. The van der Waals surface area contributed by atoms with Crippen molar-refractivity contribution in [3.63, 3.8) is 0 Å². The number of benzene rings is 1. The fourth-order valence-electron chi connectivity index (χ4n) is 2.08. The summed E-state index contributed by atoms with van der Waals surface area (Å²) in [5, 5.41) is 9.94. The Labute approximate surface area is 117 Å². The molecule has 0 aromatic heterocycles.